The van der Waals surface area contributed by atoms with E-state index in [1.807, 2.05) is 0 Å². The van der Waals surface area contributed by atoms with E-state index in [0.717, 1.165) is 17.8 Å². The Bertz CT molecular complexity index is 506. The van der Waals surface area contributed by atoms with Crippen LogP contribution in [0.15, 0.2) is 18.2 Å². The van der Waals surface area contributed by atoms with E-state index >= 15 is 0 Å². The maximum atomic E-state index is 3.99. The quantitative estimate of drug-likeness (QED) is 0.857. The first-order valence-corrected chi connectivity index (χ1v) is 8.56. The van der Waals surface area contributed by atoms with Crippen molar-refractivity contribution in [1.82, 2.24) is 5.32 Å². The number of aryl methyl sites for hydroxylation is 2. The molecular weight excluding hydrogens is 242 g/mol. The van der Waals surface area contributed by atoms with E-state index in [0.29, 0.717) is 12.1 Å². The standard InChI is InChI=1S/C19H27N/c1-12-3-5-15-7-8-19(18(15)9-12)20-13(2)17-11-14-4-6-16(17)10-14/h3,5,9,13-14,16-17,19-20H,4,6-8,10-11H2,1-2H3. The second-order valence-electron chi connectivity index (χ2n) is 7.59. The molecule has 5 unspecified atom stereocenters. The lowest BCUT2D eigenvalue weighted by Gasteiger charge is -2.31. The molecule has 1 heteroatoms. The van der Waals surface area contributed by atoms with Crippen LogP contribution in [0.2, 0.25) is 0 Å². The van der Waals surface area contributed by atoms with Gasteiger partial charge in [0, 0.05) is 12.1 Å². The zero-order valence-corrected chi connectivity index (χ0v) is 12.9. The average Bonchev–Trinajstić information content (AvgIpc) is 3.14. The smallest absolute Gasteiger partial charge is 0.0328 e. The molecule has 0 aliphatic heterocycles. The summed E-state index contributed by atoms with van der Waals surface area (Å²) in [5.74, 6) is 3.04. The Morgan fingerprint density at radius 1 is 1.15 bits per heavy atom. The molecule has 108 valence electrons. The highest BCUT2D eigenvalue weighted by atomic mass is 15.0. The van der Waals surface area contributed by atoms with Crippen molar-refractivity contribution < 1.29 is 0 Å². The number of hydrogen-bond donors (Lipinski definition) is 1. The summed E-state index contributed by atoms with van der Waals surface area (Å²) in [6.45, 7) is 4.66. The van der Waals surface area contributed by atoms with E-state index in [1.54, 1.807) is 11.1 Å². The molecule has 2 saturated carbocycles. The van der Waals surface area contributed by atoms with Crippen LogP contribution in [-0.2, 0) is 6.42 Å². The molecule has 1 aromatic carbocycles. The van der Waals surface area contributed by atoms with Gasteiger partial charge in [0.1, 0.15) is 0 Å². The highest BCUT2D eigenvalue weighted by molar-refractivity contribution is 5.37. The van der Waals surface area contributed by atoms with Crippen LogP contribution in [0.5, 0.6) is 0 Å². The molecule has 0 radical (unpaired) electrons. The molecular formula is C19H27N. The fraction of sp³-hybridized carbons (Fsp3) is 0.684. The van der Waals surface area contributed by atoms with Gasteiger partial charge in [-0.15, -0.1) is 0 Å². The Hall–Kier alpha value is -0.820. The van der Waals surface area contributed by atoms with Crippen molar-refractivity contribution in [3.05, 3.63) is 34.9 Å². The largest absolute Gasteiger partial charge is 0.307 e. The lowest BCUT2D eigenvalue weighted by atomic mass is 9.83. The summed E-state index contributed by atoms with van der Waals surface area (Å²) in [6, 6.07) is 8.32. The Morgan fingerprint density at radius 3 is 2.80 bits per heavy atom. The van der Waals surface area contributed by atoms with Gasteiger partial charge < -0.3 is 5.32 Å². The number of nitrogens with one attached hydrogen (secondary N) is 1. The number of benzene rings is 1. The van der Waals surface area contributed by atoms with Gasteiger partial charge in [0.15, 0.2) is 0 Å². The van der Waals surface area contributed by atoms with Crippen molar-refractivity contribution in [3.8, 4) is 0 Å². The molecule has 3 aliphatic rings. The molecule has 0 aromatic heterocycles. The Morgan fingerprint density at radius 2 is 2.05 bits per heavy atom. The highest BCUT2D eigenvalue weighted by Crippen LogP contribution is 2.50. The van der Waals surface area contributed by atoms with Gasteiger partial charge in [-0.25, -0.2) is 0 Å². The van der Waals surface area contributed by atoms with Crippen LogP contribution < -0.4 is 5.32 Å². The van der Waals surface area contributed by atoms with Gasteiger partial charge in [-0.1, -0.05) is 30.2 Å². The van der Waals surface area contributed by atoms with Crippen molar-refractivity contribution >= 4 is 0 Å². The topological polar surface area (TPSA) is 12.0 Å². The number of hydrogen-bond acceptors (Lipinski definition) is 1. The monoisotopic (exact) mass is 269 g/mol. The molecule has 2 fully saturated rings. The third kappa shape index (κ3) is 2.11. The Balaban J connectivity index is 1.47. The summed E-state index contributed by atoms with van der Waals surface area (Å²) >= 11 is 0. The predicted molar refractivity (Wildman–Crippen MR) is 83.8 cm³/mol. The molecule has 0 spiro atoms. The van der Waals surface area contributed by atoms with Crippen molar-refractivity contribution in [1.29, 1.82) is 0 Å². The minimum Gasteiger partial charge on any atom is -0.307 e. The van der Waals surface area contributed by atoms with Crippen LogP contribution in [0.3, 0.4) is 0 Å². The van der Waals surface area contributed by atoms with Gasteiger partial charge >= 0.3 is 0 Å². The average molecular weight is 269 g/mol. The van der Waals surface area contributed by atoms with Gasteiger partial charge in [-0.05, 0) is 74.8 Å². The van der Waals surface area contributed by atoms with Crippen molar-refractivity contribution in [3.63, 3.8) is 0 Å². The molecule has 4 rings (SSSR count). The second kappa shape index (κ2) is 4.87. The van der Waals surface area contributed by atoms with Gasteiger partial charge in [0.25, 0.3) is 0 Å². The maximum Gasteiger partial charge on any atom is 0.0328 e. The fourth-order valence-electron chi connectivity index (χ4n) is 5.24. The zero-order valence-electron chi connectivity index (χ0n) is 12.9. The van der Waals surface area contributed by atoms with E-state index in [9.17, 15) is 0 Å². The Labute approximate surface area is 123 Å². The van der Waals surface area contributed by atoms with Crippen LogP contribution in [0.1, 0.15) is 61.8 Å². The van der Waals surface area contributed by atoms with Crippen molar-refractivity contribution in [2.75, 3.05) is 0 Å². The summed E-state index contributed by atoms with van der Waals surface area (Å²) in [7, 11) is 0. The van der Waals surface area contributed by atoms with Crippen LogP contribution >= 0.6 is 0 Å². The van der Waals surface area contributed by atoms with Crippen LogP contribution in [0.25, 0.3) is 0 Å². The predicted octanol–water partition coefficient (Wildman–Crippen LogP) is 4.40. The lowest BCUT2D eigenvalue weighted by Crippen LogP contribution is -2.38. The third-order valence-corrected chi connectivity index (χ3v) is 6.28. The molecule has 0 saturated heterocycles. The maximum absolute atomic E-state index is 3.99. The molecule has 0 heterocycles. The molecule has 2 bridgehead atoms. The lowest BCUT2D eigenvalue weighted by molar-refractivity contribution is 0.245. The van der Waals surface area contributed by atoms with Gasteiger partial charge in [0.2, 0.25) is 0 Å². The van der Waals surface area contributed by atoms with Crippen LogP contribution in [0, 0.1) is 24.7 Å². The molecule has 5 atom stereocenters. The number of fused-ring (bicyclic) bond motifs is 3. The van der Waals surface area contributed by atoms with Gasteiger partial charge in [0.05, 0.1) is 0 Å². The van der Waals surface area contributed by atoms with Gasteiger partial charge in [-0.2, -0.15) is 0 Å². The molecule has 1 nitrogen and oxygen atoms in total. The normalized spacial score (nSPS) is 36.3. The third-order valence-electron chi connectivity index (χ3n) is 6.28. The first kappa shape index (κ1) is 12.9. The van der Waals surface area contributed by atoms with E-state index in [4.69, 9.17) is 0 Å². The molecule has 1 N–H and O–H groups in total. The summed E-state index contributed by atoms with van der Waals surface area (Å²) in [6.07, 6.45) is 8.59. The van der Waals surface area contributed by atoms with E-state index in [1.165, 1.54) is 44.1 Å². The summed E-state index contributed by atoms with van der Waals surface area (Å²) in [4.78, 5) is 0. The first-order chi connectivity index (χ1) is 9.70. The summed E-state index contributed by atoms with van der Waals surface area (Å²) in [5.41, 5.74) is 4.57. The van der Waals surface area contributed by atoms with Crippen LogP contribution in [0.4, 0.5) is 0 Å². The summed E-state index contributed by atoms with van der Waals surface area (Å²) < 4.78 is 0. The van der Waals surface area contributed by atoms with Crippen molar-refractivity contribution in [2.24, 2.45) is 17.8 Å². The zero-order chi connectivity index (χ0) is 13.7. The molecule has 20 heavy (non-hydrogen) atoms. The van der Waals surface area contributed by atoms with E-state index < -0.39 is 0 Å². The highest BCUT2D eigenvalue weighted by Gasteiger charge is 2.42. The van der Waals surface area contributed by atoms with E-state index in [-0.39, 0.29) is 0 Å². The fourth-order valence-corrected chi connectivity index (χ4v) is 5.24. The molecule has 1 aromatic rings. The molecule has 3 aliphatic carbocycles. The summed E-state index contributed by atoms with van der Waals surface area (Å²) in [5, 5.41) is 3.99. The number of rotatable bonds is 3. The Kier molecular flexibility index (Phi) is 3.14. The minimum atomic E-state index is 0.610. The first-order valence-electron chi connectivity index (χ1n) is 8.56. The van der Waals surface area contributed by atoms with Gasteiger partial charge in [-0.3, -0.25) is 0 Å². The minimum absolute atomic E-state index is 0.610. The molecule has 0 amide bonds. The van der Waals surface area contributed by atoms with Crippen molar-refractivity contribution in [2.45, 2.75) is 64.5 Å². The van der Waals surface area contributed by atoms with E-state index in [2.05, 4.69) is 37.4 Å². The SMILES string of the molecule is Cc1ccc2c(c1)C(NC(C)C1CC3CCC1C3)CC2. The second-order valence-corrected chi connectivity index (χ2v) is 7.59. The van der Waals surface area contributed by atoms with Crippen LogP contribution in [-0.4, -0.2) is 6.04 Å².